The van der Waals surface area contributed by atoms with Gasteiger partial charge in [-0.2, -0.15) is 4.99 Å². The zero-order valence-corrected chi connectivity index (χ0v) is 11.1. The van der Waals surface area contributed by atoms with Crippen LogP contribution in [0.2, 0.25) is 0 Å². The number of amides is 2. The van der Waals surface area contributed by atoms with Gasteiger partial charge in [0.15, 0.2) is 0 Å². The maximum atomic E-state index is 12.1. The van der Waals surface area contributed by atoms with E-state index in [-0.39, 0.29) is 11.8 Å². The molecule has 1 heterocycles. The molecular formula is C14H17N3O2. The summed E-state index contributed by atoms with van der Waals surface area (Å²) in [5.41, 5.74) is 1.64. The first-order valence-electron chi connectivity index (χ1n) is 6.26. The van der Waals surface area contributed by atoms with Crippen LogP contribution in [0.15, 0.2) is 29.3 Å². The maximum absolute atomic E-state index is 12.1. The Morgan fingerprint density at radius 1 is 1.32 bits per heavy atom. The lowest BCUT2D eigenvalue weighted by atomic mass is 9.92. The minimum atomic E-state index is -0.820. The smallest absolute Gasteiger partial charge is 0.264 e. The van der Waals surface area contributed by atoms with Crippen molar-refractivity contribution >= 4 is 17.6 Å². The van der Waals surface area contributed by atoms with E-state index < -0.39 is 5.92 Å². The second kappa shape index (κ2) is 5.75. The Morgan fingerprint density at radius 2 is 2.05 bits per heavy atom. The number of nitrogens with one attached hydrogen (secondary N) is 2. The lowest BCUT2D eigenvalue weighted by Gasteiger charge is -2.21. The summed E-state index contributed by atoms with van der Waals surface area (Å²) in [6, 6.07) is 7.39. The van der Waals surface area contributed by atoms with Crippen molar-refractivity contribution in [2.24, 2.45) is 4.99 Å². The van der Waals surface area contributed by atoms with E-state index in [9.17, 15) is 9.59 Å². The first-order chi connectivity index (χ1) is 9.13. The molecule has 0 aliphatic carbocycles. The predicted octanol–water partition coefficient (Wildman–Crippen LogP) is 0.743. The molecule has 1 aromatic carbocycles. The molecule has 100 valence electrons. The highest BCUT2D eigenvalue weighted by atomic mass is 16.2. The summed E-state index contributed by atoms with van der Waals surface area (Å²) in [5.74, 6) is -1.06. The molecule has 2 N–H and O–H groups in total. The van der Waals surface area contributed by atoms with E-state index in [0.29, 0.717) is 18.8 Å². The molecule has 0 radical (unpaired) electrons. The van der Waals surface area contributed by atoms with Crippen molar-refractivity contribution in [2.75, 3.05) is 13.6 Å². The predicted molar refractivity (Wildman–Crippen MR) is 73.0 cm³/mol. The molecule has 2 rings (SSSR count). The van der Waals surface area contributed by atoms with Crippen molar-refractivity contribution in [2.45, 2.75) is 19.3 Å². The van der Waals surface area contributed by atoms with Gasteiger partial charge in [-0.1, -0.05) is 24.3 Å². The molecule has 1 aliphatic heterocycles. The summed E-state index contributed by atoms with van der Waals surface area (Å²) in [6.45, 7) is 2.55. The molecule has 1 aliphatic rings. The summed E-state index contributed by atoms with van der Waals surface area (Å²) in [5, 5.41) is 5.66. The van der Waals surface area contributed by atoms with Gasteiger partial charge in [0.2, 0.25) is 5.91 Å². The monoisotopic (exact) mass is 259 g/mol. The Hall–Kier alpha value is -2.01. The number of hydrogen-bond acceptors (Lipinski definition) is 3. The second-order valence-electron chi connectivity index (χ2n) is 4.53. The van der Waals surface area contributed by atoms with Crippen LogP contribution in [0.4, 0.5) is 0 Å². The minimum absolute atomic E-state index is 0.291. The molecule has 0 bridgehead atoms. The van der Waals surface area contributed by atoms with E-state index in [2.05, 4.69) is 15.6 Å². The third-order valence-electron chi connectivity index (χ3n) is 3.13. The van der Waals surface area contributed by atoms with E-state index >= 15 is 0 Å². The van der Waals surface area contributed by atoms with Gasteiger partial charge in [-0.3, -0.25) is 9.59 Å². The van der Waals surface area contributed by atoms with Crippen LogP contribution in [-0.2, 0) is 9.59 Å². The zero-order chi connectivity index (χ0) is 13.8. The number of rotatable bonds is 4. The Labute approximate surface area is 112 Å². The van der Waals surface area contributed by atoms with Crippen LogP contribution in [0.1, 0.15) is 23.5 Å². The number of hydrogen-bond donors (Lipinski definition) is 2. The Morgan fingerprint density at radius 3 is 2.68 bits per heavy atom. The van der Waals surface area contributed by atoms with Crippen molar-refractivity contribution in [1.29, 1.82) is 0 Å². The first-order valence-corrected chi connectivity index (χ1v) is 6.26. The van der Waals surface area contributed by atoms with E-state index in [4.69, 9.17) is 0 Å². The number of benzene rings is 1. The zero-order valence-electron chi connectivity index (χ0n) is 11.1. The van der Waals surface area contributed by atoms with Crippen molar-refractivity contribution in [3.8, 4) is 0 Å². The molecule has 0 spiro atoms. The third kappa shape index (κ3) is 2.88. The van der Waals surface area contributed by atoms with Crippen LogP contribution in [0.25, 0.3) is 0 Å². The summed E-state index contributed by atoms with van der Waals surface area (Å²) in [6.07, 6.45) is 0.536. The second-order valence-corrected chi connectivity index (χ2v) is 4.53. The van der Waals surface area contributed by atoms with Gasteiger partial charge in [0, 0.05) is 13.0 Å². The SMILES string of the molecule is CNCCC1=NC(=O)C(c2ccccc2C)C(=O)N1. The maximum Gasteiger partial charge on any atom is 0.264 e. The van der Waals surface area contributed by atoms with Gasteiger partial charge in [-0.05, 0) is 25.1 Å². The molecule has 1 aromatic rings. The highest BCUT2D eigenvalue weighted by molar-refractivity contribution is 6.19. The largest absolute Gasteiger partial charge is 0.319 e. The standard InChI is InChI=1S/C14H17N3O2/c1-9-5-3-4-6-10(9)12-13(18)16-11(7-8-15-2)17-14(12)19/h3-6,12,15H,7-8H2,1-2H3,(H,16,17,18,19). The Balaban J connectivity index is 2.25. The average Bonchev–Trinajstić information content (AvgIpc) is 2.38. The van der Waals surface area contributed by atoms with Crippen molar-refractivity contribution in [3.63, 3.8) is 0 Å². The molecule has 0 saturated carbocycles. The van der Waals surface area contributed by atoms with E-state index in [0.717, 1.165) is 11.1 Å². The Bertz CT molecular complexity index is 537. The van der Waals surface area contributed by atoms with Crippen molar-refractivity contribution in [3.05, 3.63) is 35.4 Å². The number of aryl methyl sites for hydroxylation is 1. The van der Waals surface area contributed by atoms with Crippen molar-refractivity contribution in [1.82, 2.24) is 10.6 Å². The van der Waals surface area contributed by atoms with Crippen LogP contribution in [-0.4, -0.2) is 31.2 Å². The average molecular weight is 259 g/mol. The third-order valence-corrected chi connectivity index (χ3v) is 3.13. The number of aliphatic imine (C=N–C) groups is 1. The van der Waals surface area contributed by atoms with Crippen LogP contribution in [0.5, 0.6) is 0 Å². The first kappa shape index (κ1) is 13.4. The van der Waals surface area contributed by atoms with Crippen LogP contribution in [0, 0.1) is 6.92 Å². The van der Waals surface area contributed by atoms with E-state index in [1.807, 2.05) is 32.2 Å². The van der Waals surface area contributed by atoms with Gasteiger partial charge >= 0.3 is 0 Å². The summed E-state index contributed by atoms with van der Waals surface area (Å²) in [4.78, 5) is 28.1. The molecule has 5 heteroatoms. The fourth-order valence-electron chi connectivity index (χ4n) is 2.10. The molecule has 2 amide bonds. The lowest BCUT2D eigenvalue weighted by molar-refractivity contribution is -0.129. The molecule has 19 heavy (non-hydrogen) atoms. The summed E-state index contributed by atoms with van der Waals surface area (Å²) < 4.78 is 0. The topological polar surface area (TPSA) is 70.6 Å². The van der Waals surface area contributed by atoms with Crippen LogP contribution >= 0.6 is 0 Å². The molecule has 1 unspecified atom stereocenters. The minimum Gasteiger partial charge on any atom is -0.319 e. The quantitative estimate of drug-likeness (QED) is 0.784. The number of amidine groups is 1. The number of nitrogens with zero attached hydrogens (tertiary/aromatic N) is 1. The molecule has 1 atom stereocenters. The molecule has 5 nitrogen and oxygen atoms in total. The number of carbonyl (C=O) groups is 2. The highest BCUT2D eigenvalue weighted by Gasteiger charge is 2.33. The summed E-state index contributed by atoms with van der Waals surface area (Å²) in [7, 11) is 1.81. The molecule has 0 aromatic heterocycles. The van der Waals surface area contributed by atoms with Gasteiger partial charge in [-0.25, -0.2) is 0 Å². The molecular weight excluding hydrogens is 242 g/mol. The fourth-order valence-corrected chi connectivity index (χ4v) is 2.10. The van der Waals surface area contributed by atoms with Gasteiger partial charge < -0.3 is 10.6 Å². The van der Waals surface area contributed by atoms with Crippen LogP contribution < -0.4 is 10.6 Å². The van der Waals surface area contributed by atoms with Gasteiger partial charge in [0.1, 0.15) is 11.8 Å². The van der Waals surface area contributed by atoms with Crippen LogP contribution in [0.3, 0.4) is 0 Å². The number of carbonyl (C=O) groups excluding carboxylic acids is 2. The molecule has 0 saturated heterocycles. The van der Waals surface area contributed by atoms with Gasteiger partial charge in [0.25, 0.3) is 5.91 Å². The fraction of sp³-hybridized carbons (Fsp3) is 0.357. The normalized spacial score (nSPS) is 19.1. The molecule has 0 fully saturated rings. The highest BCUT2D eigenvalue weighted by Crippen LogP contribution is 2.23. The van der Waals surface area contributed by atoms with Crippen molar-refractivity contribution < 1.29 is 9.59 Å². The van der Waals surface area contributed by atoms with E-state index in [1.165, 1.54) is 0 Å². The van der Waals surface area contributed by atoms with E-state index in [1.54, 1.807) is 6.07 Å². The van der Waals surface area contributed by atoms with Gasteiger partial charge in [-0.15, -0.1) is 0 Å². The summed E-state index contributed by atoms with van der Waals surface area (Å²) >= 11 is 0. The Kier molecular flexibility index (Phi) is 4.06. The van der Waals surface area contributed by atoms with Gasteiger partial charge in [0.05, 0.1) is 0 Å². The lowest BCUT2D eigenvalue weighted by Crippen LogP contribution is -2.43.